The molecule has 0 radical (unpaired) electrons. The summed E-state index contributed by atoms with van der Waals surface area (Å²) in [5.74, 6) is 0. The number of benzene rings is 1. The van der Waals surface area contributed by atoms with Crippen molar-refractivity contribution in [1.29, 1.82) is 0 Å². The first-order chi connectivity index (χ1) is 7.43. The van der Waals surface area contributed by atoms with E-state index in [4.69, 9.17) is 0 Å². The van der Waals surface area contributed by atoms with Gasteiger partial charge in [0.1, 0.15) is 5.69 Å². The van der Waals surface area contributed by atoms with Crippen LogP contribution in [0.25, 0.3) is 10.9 Å². The molecule has 0 saturated heterocycles. The van der Waals surface area contributed by atoms with E-state index in [1.54, 1.807) is 6.20 Å². The number of para-hydroxylation sites is 1. The Labute approximate surface area is 86.5 Å². The number of aromatic nitrogens is 4. The standard InChI is InChI=1S/C11H10N4/c1-2-4-11-9(3-1)5-6-15(11)8-10-7-12-14-13-10/h1-7H,8H2,(H,12,13,14). The van der Waals surface area contributed by atoms with Crippen LogP contribution in [0.3, 0.4) is 0 Å². The highest BCUT2D eigenvalue weighted by Gasteiger charge is 2.01. The van der Waals surface area contributed by atoms with Gasteiger partial charge in [-0.1, -0.05) is 18.2 Å². The van der Waals surface area contributed by atoms with Gasteiger partial charge in [-0.25, -0.2) is 0 Å². The van der Waals surface area contributed by atoms with Crippen LogP contribution in [0.2, 0.25) is 0 Å². The maximum atomic E-state index is 4.04. The Morgan fingerprint density at radius 3 is 3.00 bits per heavy atom. The lowest BCUT2D eigenvalue weighted by Crippen LogP contribution is -1.97. The van der Waals surface area contributed by atoms with Crippen molar-refractivity contribution >= 4 is 10.9 Å². The summed E-state index contributed by atoms with van der Waals surface area (Å²) in [5, 5.41) is 11.7. The van der Waals surface area contributed by atoms with Crippen LogP contribution in [0.15, 0.2) is 42.7 Å². The molecule has 0 aliphatic rings. The van der Waals surface area contributed by atoms with Crippen molar-refractivity contribution in [3.05, 3.63) is 48.4 Å². The van der Waals surface area contributed by atoms with Gasteiger partial charge in [0, 0.05) is 11.7 Å². The van der Waals surface area contributed by atoms with E-state index in [0.717, 1.165) is 12.2 Å². The Morgan fingerprint density at radius 1 is 1.20 bits per heavy atom. The molecule has 0 fully saturated rings. The predicted molar refractivity (Wildman–Crippen MR) is 57.4 cm³/mol. The highest BCUT2D eigenvalue weighted by molar-refractivity contribution is 5.79. The quantitative estimate of drug-likeness (QED) is 0.682. The van der Waals surface area contributed by atoms with Gasteiger partial charge in [-0.2, -0.15) is 15.4 Å². The molecule has 0 atom stereocenters. The second-order valence-corrected chi connectivity index (χ2v) is 3.46. The summed E-state index contributed by atoms with van der Waals surface area (Å²) in [6.07, 6.45) is 3.81. The van der Waals surface area contributed by atoms with E-state index in [0.29, 0.717) is 0 Å². The maximum Gasteiger partial charge on any atom is 0.102 e. The molecule has 2 aromatic heterocycles. The molecule has 1 N–H and O–H groups in total. The van der Waals surface area contributed by atoms with Crippen LogP contribution >= 0.6 is 0 Å². The number of H-pyrrole nitrogens is 1. The number of nitrogens with one attached hydrogen (secondary N) is 1. The average Bonchev–Trinajstić information content (AvgIpc) is 2.89. The van der Waals surface area contributed by atoms with Crippen molar-refractivity contribution in [3.8, 4) is 0 Å². The summed E-state index contributed by atoms with van der Waals surface area (Å²) in [6.45, 7) is 0.754. The van der Waals surface area contributed by atoms with E-state index in [9.17, 15) is 0 Å². The molecule has 2 heterocycles. The summed E-state index contributed by atoms with van der Waals surface area (Å²) < 4.78 is 2.16. The lowest BCUT2D eigenvalue weighted by atomic mass is 10.2. The first-order valence-electron chi connectivity index (χ1n) is 4.82. The number of aromatic amines is 1. The Hall–Kier alpha value is -2.10. The Morgan fingerprint density at radius 2 is 2.13 bits per heavy atom. The largest absolute Gasteiger partial charge is 0.341 e. The monoisotopic (exact) mass is 198 g/mol. The van der Waals surface area contributed by atoms with Crippen LogP contribution in [0.1, 0.15) is 5.69 Å². The molecule has 0 unspecified atom stereocenters. The minimum atomic E-state index is 0.754. The Balaban J connectivity index is 2.05. The summed E-state index contributed by atoms with van der Waals surface area (Å²) in [6, 6.07) is 10.4. The number of hydrogen-bond donors (Lipinski definition) is 1. The fraction of sp³-hybridized carbons (Fsp3) is 0.0909. The van der Waals surface area contributed by atoms with Gasteiger partial charge in [0.15, 0.2) is 0 Å². The average molecular weight is 198 g/mol. The van der Waals surface area contributed by atoms with Gasteiger partial charge >= 0.3 is 0 Å². The van der Waals surface area contributed by atoms with Gasteiger partial charge in [0.2, 0.25) is 0 Å². The van der Waals surface area contributed by atoms with Gasteiger partial charge in [-0.3, -0.25) is 0 Å². The van der Waals surface area contributed by atoms with Crippen molar-refractivity contribution in [2.45, 2.75) is 6.54 Å². The Bertz CT molecular complexity index is 565. The van der Waals surface area contributed by atoms with E-state index < -0.39 is 0 Å². The van der Waals surface area contributed by atoms with Crippen molar-refractivity contribution in [3.63, 3.8) is 0 Å². The normalized spacial score (nSPS) is 10.9. The molecular weight excluding hydrogens is 188 g/mol. The minimum absolute atomic E-state index is 0.754. The van der Waals surface area contributed by atoms with Gasteiger partial charge in [0.25, 0.3) is 0 Å². The molecule has 1 aromatic carbocycles. The highest BCUT2D eigenvalue weighted by atomic mass is 15.3. The van der Waals surface area contributed by atoms with Crippen molar-refractivity contribution in [2.75, 3.05) is 0 Å². The number of fused-ring (bicyclic) bond motifs is 1. The molecule has 0 amide bonds. The lowest BCUT2D eigenvalue weighted by Gasteiger charge is -2.01. The third-order valence-corrected chi connectivity index (χ3v) is 2.48. The van der Waals surface area contributed by atoms with Crippen molar-refractivity contribution < 1.29 is 0 Å². The molecule has 3 aromatic rings. The van der Waals surface area contributed by atoms with Gasteiger partial charge in [-0.15, -0.1) is 0 Å². The van der Waals surface area contributed by atoms with E-state index >= 15 is 0 Å². The van der Waals surface area contributed by atoms with Crippen LogP contribution in [-0.4, -0.2) is 20.0 Å². The fourth-order valence-corrected chi connectivity index (χ4v) is 1.75. The molecule has 4 heteroatoms. The van der Waals surface area contributed by atoms with Crippen LogP contribution in [0.4, 0.5) is 0 Å². The summed E-state index contributed by atoms with van der Waals surface area (Å²) in [5.41, 5.74) is 2.16. The topological polar surface area (TPSA) is 46.5 Å². The summed E-state index contributed by atoms with van der Waals surface area (Å²) >= 11 is 0. The van der Waals surface area contributed by atoms with Gasteiger partial charge < -0.3 is 4.57 Å². The molecular formula is C11H10N4. The molecule has 4 nitrogen and oxygen atoms in total. The van der Waals surface area contributed by atoms with Crippen molar-refractivity contribution in [1.82, 2.24) is 20.0 Å². The van der Waals surface area contributed by atoms with E-state index in [1.807, 2.05) is 12.1 Å². The third-order valence-electron chi connectivity index (χ3n) is 2.48. The molecule has 15 heavy (non-hydrogen) atoms. The number of hydrogen-bond acceptors (Lipinski definition) is 2. The Kier molecular flexibility index (Phi) is 1.78. The zero-order valence-corrected chi connectivity index (χ0v) is 8.09. The molecule has 0 aliphatic heterocycles. The molecule has 74 valence electrons. The van der Waals surface area contributed by atoms with Crippen LogP contribution in [-0.2, 0) is 6.54 Å². The van der Waals surface area contributed by atoms with E-state index in [-0.39, 0.29) is 0 Å². The van der Waals surface area contributed by atoms with Gasteiger partial charge in [-0.05, 0) is 17.5 Å². The molecule has 0 spiro atoms. The first-order valence-corrected chi connectivity index (χ1v) is 4.82. The van der Waals surface area contributed by atoms with E-state index in [2.05, 4.69) is 44.4 Å². The second kappa shape index (κ2) is 3.24. The molecule has 0 bridgehead atoms. The lowest BCUT2D eigenvalue weighted by molar-refractivity contribution is 0.795. The summed E-state index contributed by atoms with van der Waals surface area (Å²) in [7, 11) is 0. The molecule has 0 aliphatic carbocycles. The highest BCUT2D eigenvalue weighted by Crippen LogP contribution is 2.15. The third kappa shape index (κ3) is 1.40. The summed E-state index contributed by atoms with van der Waals surface area (Å²) in [4.78, 5) is 0. The molecule has 3 rings (SSSR count). The smallest absolute Gasteiger partial charge is 0.102 e. The predicted octanol–water partition coefficient (Wildman–Crippen LogP) is 1.81. The minimum Gasteiger partial charge on any atom is -0.341 e. The number of nitrogens with zero attached hydrogens (tertiary/aromatic N) is 3. The zero-order chi connectivity index (χ0) is 10.1. The fourth-order valence-electron chi connectivity index (χ4n) is 1.75. The van der Waals surface area contributed by atoms with Crippen LogP contribution in [0.5, 0.6) is 0 Å². The van der Waals surface area contributed by atoms with Gasteiger partial charge in [0.05, 0.1) is 12.7 Å². The van der Waals surface area contributed by atoms with Crippen molar-refractivity contribution in [2.24, 2.45) is 0 Å². The SMILES string of the molecule is c1ccc2c(c1)ccn2Cc1cn[nH]n1. The maximum absolute atomic E-state index is 4.04. The molecule has 0 saturated carbocycles. The first kappa shape index (κ1) is 8.23. The zero-order valence-electron chi connectivity index (χ0n) is 8.09. The van der Waals surface area contributed by atoms with Crippen LogP contribution < -0.4 is 0 Å². The second-order valence-electron chi connectivity index (χ2n) is 3.46. The van der Waals surface area contributed by atoms with E-state index in [1.165, 1.54) is 10.9 Å². The number of rotatable bonds is 2. The van der Waals surface area contributed by atoms with Crippen LogP contribution in [0, 0.1) is 0 Å².